The molecule has 0 aromatic carbocycles. The molecule has 0 heterocycles. The van der Waals surface area contributed by atoms with Gasteiger partial charge in [-0.25, -0.2) is 4.79 Å². The standard InChI is InChI=1S/C7H12O2S/c1-9-7(8)10-6-4-2-3-5-6/h6H,2-5H2,1H3. The largest absolute Gasteiger partial charge is 0.461 e. The molecule has 1 saturated carbocycles. The number of ether oxygens (including phenoxy) is 1. The summed E-state index contributed by atoms with van der Waals surface area (Å²) in [6.07, 6.45) is 4.91. The first-order valence-electron chi connectivity index (χ1n) is 3.57. The Morgan fingerprint density at radius 2 is 2.10 bits per heavy atom. The predicted molar refractivity (Wildman–Crippen MR) is 42.3 cm³/mol. The molecule has 0 aromatic heterocycles. The third kappa shape index (κ3) is 2.21. The van der Waals surface area contributed by atoms with Crippen LogP contribution in [-0.2, 0) is 4.74 Å². The van der Waals surface area contributed by atoms with Crippen LogP contribution in [0.4, 0.5) is 4.79 Å². The third-order valence-corrected chi connectivity index (χ3v) is 2.90. The summed E-state index contributed by atoms with van der Waals surface area (Å²) >= 11 is 1.35. The maximum atomic E-state index is 10.7. The van der Waals surface area contributed by atoms with E-state index >= 15 is 0 Å². The van der Waals surface area contributed by atoms with Crippen LogP contribution in [0, 0.1) is 0 Å². The average molecular weight is 160 g/mol. The minimum absolute atomic E-state index is 0.132. The lowest BCUT2D eigenvalue weighted by atomic mass is 10.4. The molecule has 0 spiro atoms. The summed E-state index contributed by atoms with van der Waals surface area (Å²) < 4.78 is 4.54. The van der Waals surface area contributed by atoms with Gasteiger partial charge in [0.1, 0.15) is 0 Å². The topological polar surface area (TPSA) is 26.3 Å². The average Bonchev–Trinajstić information content (AvgIpc) is 2.40. The summed E-state index contributed by atoms with van der Waals surface area (Å²) in [5.74, 6) is 0. The Hall–Kier alpha value is -0.180. The first-order valence-corrected chi connectivity index (χ1v) is 4.45. The van der Waals surface area contributed by atoms with Crippen LogP contribution >= 0.6 is 11.8 Å². The Balaban J connectivity index is 2.17. The molecule has 0 amide bonds. The fourth-order valence-electron chi connectivity index (χ4n) is 1.19. The molecule has 0 saturated heterocycles. The zero-order valence-electron chi connectivity index (χ0n) is 6.13. The Labute approximate surface area is 65.3 Å². The molecule has 1 rings (SSSR count). The summed E-state index contributed by atoms with van der Waals surface area (Å²) in [6.45, 7) is 0. The highest BCUT2D eigenvalue weighted by molar-refractivity contribution is 8.13. The van der Waals surface area contributed by atoms with Crippen molar-refractivity contribution < 1.29 is 9.53 Å². The molecule has 0 unspecified atom stereocenters. The van der Waals surface area contributed by atoms with E-state index in [1.807, 2.05) is 0 Å². The molecule has 0 radical (unpaired) electrons. The van der Waals surface area contributed by atoms with E-state index in [1.165, 1.54) is 44.6 Å². The van der Waals surface area contributed by atoms with Crippen LogP contribution in [-0.4, -0.2) is 17.7 Å². The molecule has 0 aromatic rings. The first-order chi connectivity index (χ1) is 4.83. The fourth-order valence-corrected chi connectivity index (χ4v) is 2.13. The zero-order chi connectivity index (χ0) is 7.40. The van der Waals surface area contributed by atoms with Crippen molar-refractivity contribution in [2.75, 3.05) is 7.11 Å². The quantitative estimate of drug-likeness (QED) is 0.551. The van der Waals surface area contributed by atoms with Gasteiger partial charge >= 0.3 is 5.30 Å². The van der Waals surface area contributed by atoms with Crippen molar-refractivity contribution >= 4 is 17.1 Å². The maximum Gasteiger partial charge on any atom is 0.367 e. The lowest BCUT2D eigenvalue weighted by molar-refractivity contribution is 0.200. The van der Waals surface area contributed by atoms with Gasteiger partial charge in [-0.15, -0.1) is 0 Å². The summed E-state index contributed by atoms with van der Waals surface area (Å²) in [4.78, 5) is 10.7. The van der Waals surface area contributed by atoms with Gasteiger partial charge in [-0.3, -0.25) is 0 Å². The van der Waals surface area contributed by atoms with Crippen LogP contribution in [0.2, 0.25) is 0 Å². The second-order valence-corrected chi connectivity index (χ2v) is 3.71. The molecule has 1 fully saturated rings. The minimum atomic E-state index is -0.132. The van der Waals surface area contributed by atoms with Crippen LogP contribution < -0.4 is 0 Å². The van der Waals surface area contributed by atoms with Crippen LogP contribution in [0.1, 0.15) is 25.7 Å². The number of methoxy groups -OCH3 is 1. The number of carbonyl (C=O) groups excluding carboxylic acids is 1. The molecule has 1 aliphatic rings. The van der Waals surface area contributed by atoms with Crippen LogP contribution in [0.25, 0.3) is 0 Å². The monoisotopic (exact) mass is 160 g/mol. The molecule has 2 nitrogen and oxygen atoms in total. The second-order valence-electron chi connectivity index (χ2n) is 2.48. The lowest BCUT2D eigenvalue weighted by Gasteiger charge is -2.04. The third-order valence-electron chi connectivity index (χ3n) is 1.73. The molecule has 1 aliphatic carbocycles. The van der Waals surface area contributed by atoms with E-state index in [9.17, 15) is 4.79 Å². The Kier molecular flexibility index (Phi) is 3.06. The van der Waals surface area contributed by atoms with Crippen molar-refractivity contribution in [2.24, 2.45) is 0 Å². The van der Waals surface area contributed by atoms with Gasteiger partial charge in [-0.05, 0) is 24.6 Å². The van der Waals surface area contributed by atoms with Crippen LogP contribution in [0.3, 0.4) is 0 Å². The van der Waals surface area contributed by atoms with Gasteiger partial charge in [0, 0.05) is 5.25 Å². The Bertz CT molecular complexity index is 119. The van der Waals surface area contributed by atoms with Gasteiger partial charge in [0.15, 0.2) is 0 Å². The fraction of sp³-hybridized carbons (Fsp3) is 0.857. The van der Waals surface area contributed by atoms with Crippen molar-refractivity contribution in [1.82, 2.24) is 0 Å². The zero-order valence-corrected chi connectivity index (χ0v) is 6.95. The Morgan fingerprint density at radius 1 is 1.50 bits per heavy atom. The normalized spacial score (nSPS) is 19.3. The van der Waals surface area contributed by atoms with Crippen molar-refractivity contribution in [1.29, 1.82) is 0 Å². The van der Waals surface area contributed by atoms with E-state index in [0.29, 0.717) is 5.25 Å². The molecule has 0 aliphatic heterocycles. The number of carbonyl (C=O) groups is 1. The van der Waals surface area contributed by atoms with Gasteiger partial charge in [-0.1, -0.05) is 12.8 Å². The van der Waals surface area contributed by atoms with E-state index in [-0.39, 0.29) is 5.30 Å². The minimum Gasteiger partial charge on any atom is -0.461 e. The van der Waals surface area contributed by atoms with Crippen molar-refractivity contribution in [3.8, 4) is 0 Å². The molecule has 58 valence electrons. The smallest absolute Gasteiger partial charge is 0.367 e. The molecule has 10 heavy (non-hydrogen) atoms. The highest BCUT2D eigenvalue weighted by Crippen LogP contribution is 2.30. The predicted octanol–water partition coefficient (Wildman–Crippen LogP) is 2.43. The number of hydrogen-bond acceptors (Lipinski definition) is 3. The maximum absolute atomic E-state index is 10.7. The van der Waals surface area contributed by atoms with Gasteiger partial charge in [0.2, 0.25) is 0 Å². The molecular formula is C7H12O2S. The molecule has 0 N–H and O–H groups in total. The molecular weight excluding hydrogens is 148 g/mol. The van der Waals surface area contributed by atoms with Gasteiger partial charge in [0.25, 0.3) is 0 Å². The number of thioether (sulfide) groups is 1. The van der Waals surface area contributed by atoms with Gasteiger partial charge in [0.05, 0.1) is 7.11 Å². The van der Waals surface area contributed by atoms with E-state index in [1.54, 1.807) is 0 Å². The van der Waals surface area contributed by atoms with E-state index in [2.05, 4.69) is 4.74 Å². The second kappa shape index (κ2) is 3.86. The summed E-state index contributed by atoms with van der Waals surface area (Å²) in [5, 5.41) is 0.402. The highest BCUT2D eigenvalue weighted by Gasteiger charge is 2.18. The van der Waals surface area contributed by atoms with Crippen LogP contribution in [0.15, 0.2) is 0 Å². The summed E-state index contributed by atoms with van der Waals surface area (Å²) in [5.41, 5.74) is 0. The molecule has 0 atom stereocenters. The first kappa shape index (κ1) is 7.92. The van der Waals surface area contributed by atoms with E-state index in [4.69, 9.17) is 0 Å². The Morgan fingerprint density at radius 3 is 2.60 bits per heavy atom. The van der Waals surface area contributed by atoms with Crippen LogP contribution in [0.5, 0.6) is 0 Å². The number of rotatable bonds is 1. The van der Waals surface area contributed by atoms with Gasteiger partial charge < -0.3 is 4.74 Å². The van der Waals surface area contributed by atoms with Crippen molar-refractivity contribution in [3.63, 3.8) is 0 Å². The van der Waals surface area contributed by atoms with E-state index in [0.717, 1.165) is 0 Å². The molecule has 3 heteroatoms. The summed E-state index contributed by atoms with van der Waals surface area (Å²) in [6, 6.07) is 0. The van der Waals surface area contributed by atoms with Crippen molar-refractivity contribution in [3.05, 3.63) is 0 Å². The SMILES string of the molecule is COC(=O)SC1CCCC1. The molecule has 0 bridgehead atoms. The van der Waals surface area contributed by atoms with Crippen molar-refractivity contribution in [2.45, 2.75) is 30.9 Å². The highest BCUT2D eigenvalue weighted by atomic mass is 32.2. The van der Waals surface area contributed by atoms with Gasteiger partial charge in [-0.2, -0.15) is 0 Å². The summed E-state index contributed by atoms with van der Waals surface area (Å²) in [7, 11) is 1.43. The lowest BCUT2D eigenvalue weighted by Crippen LogP contribution is -2.00. The number of hydrogen-bond donors (Lipinski definition) is 0. The van der Waals surface area contributed by atoms with E-state index < -0.39 is 0 Å².